The number of hydrogen-bond donors (Lipinski definition) is 2. The highest BCUT2D eigenvalue weighted by molar-refractivity contribution is 7.90. The highest BCUT2D eigenvalue weighted by atomic mass is 32.2. The summed E-state index contributed by atoms with van der Waals surface area (Å²) in [6, 6.07) is 0. The molecular weight excluding hydrogens is 238 g/mol. The van der Waals surface area contributed by atoms with Crippen LogP contribution >= 0.6 is 0 Å². The monoisotopic (exact) mass is 261 g/mol. The quantitative estimate of drug-likeness (QED) is 0.717. The predicted molar refractivity (Wildman–Crippen MR) is 68.5 cm³/mol. The summed E-state index contributed by atoms with van der Waals surface area (Å²) in [7, 11) is -3.11. The van der Waals surface area contributed by atoms with Gasteiger partial charge in [-0.3, -0.25) is 0 Å². The standard InChI is InChI=1S/C11H23N3O2S/c15-17(16,11-4-3-5-12-10-11)13-6-9-14-7-1-2-8-14/h11-13H,1-10H2. The number of piperidine rings is 1. The summed E-state index contributed by atoms with van der Waals surface area (Å²) in [5, 5.41) is 2.90. The minimum atomic E-state index is -3.11. The summed E-state index contributed by atoms with van der Waals surface area (Å²) in [6.45, 7) is 5.18. The van der Waals surface area contributed by atoms with E-state index in [-0.39, 0.29) is 5.25 Å². The van der Waals surface area contributed by atoms with Gasteiger partial charge in [0.05, 0.1) is 5.25 Å². The van der Waals surface area contributed by atoms with Gasteiger partial charge in [-0.1, -0.05) is 0 Å². The maximum atomic E-state index is 12.0. The van der Waals surface area contributed by atoms with Gasteiger partial charge < -0.3 is 10.2 Å². The lowest BCUT2D eigenvalue weighted by Crippen LogP contribution is -2.45. The highest BCUT2D eigenvalue weighted by Crippen LogP contribution is 2.10. The van der Waals surface area contributed by atoms with Gasteiger partial charge in [-0.2, -0.15) is 0 Å². The molecule has 2 aliphatic heterocycles. The van der Waals surface area contributed by atoms with Gasteiger partial charge in [0.25, 0.3) is 0 Å². The van der Waals surface area contributed by atoms with E-state index in [2.05, 4.69) is 14.9 Å². The zero-order valence-electron chi connectivity index (χ0n) is 10.3. The largest absolute Gasteiger partial charge is 0.315 e. The second-order valence-electron chi connectivity index (χ2n) is 4.96. The minimum Gasteiger partial charge on any atom is -0.315 e. The van der Waals surface area contributed by atoms with Crippen molar-refractivity contribution in [2.45, 2.75) is 30.9 Å². The lowest BCUT2D eigenvalue weighted by atomic mass is 10.2. The van der Waals surface area contributed by atoms with E-state index in [0.717, 1.165) is 39.0 Å². The van der Waals surface area contributed by atoms with Crippen LogP contribution in [0.25, 0.3) is 0 Å². The van der Waals surface area contributed by atoms with Gasteiger partial charge in [-0.15, -0.1) is 0 Å². The first-order chi connectivity index (χ1) is 8.18. The number of nitrogens with one attached hydrogen (secondary N) is 2. The Hall–Kier alpha value is -0.170. The average molecular weight is 261 g/mol. The zero-order chi connectivity index (χ0) is 12.1. The lowest BCUT2D eigenvalue weighted by Gasteiger charge is -2.23. The molecule has 0 aromatic rings. The first kappa shape index (κ1) is 13.3. The van der Waals surface area contributed by atoms with Crippen molar-refractivity contribution in [3.8, 4) is 0 Å². The van der Waals surface area contributed by atoms with Crippen LogP contribution in [-0.4, -0.2) is 57.8 Å². The Balaban J connectivity index is 1.72. The molecule has 6 heteroatoms. The second kappa shape index (κ2) is 6.13. The van der Waals surface area contributed by atoms with Crippen LogP contribution < -0.4 is 10.0 Å². The van der Waals surface area contributed by atoms with E-state index in [9.17, 15) is 8.42 Å². The van der Waals surface area contributed by atoms with E-state index in [1.807, 2.05) is 0 Å². The van der Waals surface area contributed by atoms with Gasteiger partial charge in [0.1, 0.15) is 0 Å². The van der Waals surface area contributed by atoms with E-state index in [1.165, 1.54) is 12.8 Å². The molecule has 2 aliphatic rings. The fraction of sp³-hybridized carbons (Fsp3) is 1.00. The van der Waals surface area contributed by atoms with E-state index in [4.69, 9.17) is 0 Å². The number of hydrogen-bond acceptors (Lipinski definition) is 4. The molecule has 0 radical (unpaired) electrons. The first-order valence-corrected chi connectivity index (χ1v) is 8.15. The molecule has 100 valence electrons. The number of rotatable bonds is 5. The summed E-state index contributed by atoms with van der Waals surface area (Å²) in [5.74, 6) is 0. The van der Waals surface area contributed by atoms with Crippen LogP contribution in [-0.2, 0) is 10.0 Å². The summed E-state index contributed by atoms with van der Waals surface area (Å²) < 4.78 is 26.7. The van der Waals surface area contributed by atoms with Gasteiger partial charge in [0.2, 0.25) is 10.0 Å². The van der Waals surface area contributed by atoms with Crippen molar-refractivity contribution >= 4 is 10.0 Å². The van der Waals surface area contributed by atoms with E-state index >= 15 is 0 Å². The summed E-state index contributed by atoms with van der Waals surface area (Å²) in [5.41, 5.74) is 0. The molecule has 5 nitrogen and oxygen atoms in total. The van der Waals surface area contributed by atoms with Crippen LogP contribution in [0.1, 0.15) is 25.7 Å². The third-order valence-corrected chi connectivity index (χ3v) is 5.51. The molecular formula is C11H23N3O2S. The fourth-order valence-electron chi connectivity index (χ4n) is 2.55. The van der Waals surface area contributed by atoms with Gasteiger partial charge in [-0.25, -0.2) is 13.1 Å². The normalized spacial score (nSPS) is 27.4. The maximum Gasteiger partial charge on any atom is 0.215 e. The molecule has 1 unspecified atom stereocenters. The molecule has 2 fully saturated rings. The maximum absolute atomic E-state index is 12.0. The van der Waals surface area contributed by atoms with Gasteiger partial charge in [0.15, 0.2) is 0 Å². The van der Waals surface area contributed by atoms with Gasteiger partial charge >= 0.3 is 0 Å². The minimum absolute atomic E-state index is 0.241. The highest BCUT2D eigenvalue weighted by Gasteiger charge is 2.26. The third kappa shape index (κ3) is 3.91. The Labute approximate surface area is 104 Å². The van der Waals surface area contributed by atoms with Crippen molar-refractivity contribution < 1.29 is 8.42 Å². The van der Waals surface area contributed by atoms with Crippen molar-refractivity contribution in [2.24, 2.45) is 0 Å². The molecule has 2 N–H and O–H groups in total. The summed E-state index contributed by atoms with van der Waals surface area (Å²) >= 11 is 0. The Morgan fingerprint density at radius 1 is 1.24 bits per heavy atom. The molecule has 2 heterocycles. The average Bonchev–Trinajstić information content (AvgIpc) is 2.83. The molecule has 0 aromatic heterocycles. The van der Waals surface area contributed by atoms with Crippen molar-refractivity contribution in [1.82, 2.24) is 14.9 Å². The number of nitrogens with zero attached hydrogens (tertiary/aromatic N) is 1. The third-order valence-electron chi connectivity index (χ3n) is 3.62. The zero-order valence-corrected chi connectivity index (χ0v) is 11.1. The first-order valence-electron chi connectivity index (χ1n) is 6.60. The molecule has 1 atom stereocenters. The Kier molecular flexibility index (Phi) is 4.78. The van der Waals surface area contributed by atoms with E-state index in [1.54, 1.807) is 0 Å². The SMILES string of the molecule is O=S(=O)(NCCN1CCCC1)C1CCCNC1. The number of sulfonamides is 1. The fourth-order valence-corrected chi connectivity index (χ4v) is 3.98. The molecule has 0 aromatic carbocycles. The predicted octanol–water partition coefficient (Wildman–Crippen LogP) is -0.246. The lowest BCUT2D eigenvalue weighted by molar-refractivity contribution is 0.343. The molecule has 0 saturated carbocycles. The van der Waals surface area contributed by atoms with Crippen LogP contribution in [0.2, 0.25) is 0 Å². The summed E-state index contributed by atoms with van der Waals surface area (Å²) in [6.07, 6.45) is 4.24. The molecule has 0 aliphatic carbocycles. The van der Waals surface area contributed by atoms with Crippen LogP contribution in [0, 0.1) is 0 Å². The Bertz CT molecular complexity index is 320. The molecule has 0 spiro atoms. The van der Waals surface area contributed by atoms with Crippen molar-refractivity contribution in [1.29, 1.82) is 0 Å². The van der Waals surface area contributed by atoms with Crippen LogP contribution in [0.4, 0.5) is 0 Å². The van der Waals surface area contributed by atoms with E-state index < -0.39 is 10.0 Å². The summed E-state index contributed by atoms with van der Waals surface area (Å²) in [4.78, 5) is 2.32. The molecule has 2 saturated heterocycles. The van der Waals surface area contributed by atoms with Crippen molar-refractivity contribution in [3.63, 3.8) is 0 Å². The van der Waals surface area contributed by atoms with Gasteiger partial charge in [-0.05, 0) is 45.3 Å². The van der Waals surface area contributed by atoms with Crippen LogP contribution in [0.5, 0.6) is 0 Å². The van der Waals surface area contributed by atoms with Crippen molar-refractivity contribution in [3.05, 3.63) is 0 Å². The molecule has 0 amide bonds. The van der Waals surface area contributed by atoms with Gasteiger partial charge in [0, 0.05) is 19.6 Å². The smallest absolute Gasteiger partial charge is 0.215 e. The Morgan fingerprint density at radius 3 is 2.65 bits per heavy atom. The Morgan fingerprint density at radius 2 is 2.00 bits per heavy atom. The molecule has 2 rings (SSSR count). The second-order valence-corrected chi connectivity index (χ2v) is 7.00. The molecule has 0 bridgehead atoms. The topological polar surface area (TPSA) is 61.4 Å². The van der Waals surface area contributed by atoms with Crippen LogP contribution in [0.15, 0.2) is 0 Å². The number of likely N-dealkylation sites (tertiary alicyclic amines) is 1. The molecule has 17 heavy (non-hydrogen) atoms. The van der Waals surface area contributed by atoms with Crippen molar-refractivity contribution in [2.75, 3.05) is 39.3 Å². The van der Waals surface area contributed by atoms with E-state index in [0.29, 0.717) is 13.1 Å². The van der Waals surface area contributed by atoms with Crippen LogP contribution in [0.3, 0.4) is 0 Å².